The van der Waals surface area contributed by atoms with E-state index in [9.17, 15) is 18.6 Å². The quantitative estimate of drug-likeness (QED) is 0.815. The Balaban J connectivity index is 1.79. The molecule has 0 bridgehead atoms. The number of aliphatic hydroxyl groups is 2. The van der Waals surface area contributed by atoms with Gasteiger partial charge in [-0.3, -0.25) is 0 Å². The van der Waals surface area contributed by atoms with Crippen LogP contribution in [0.5, 0.6) is 0 Å². The van der Waals surface area contributed by atoms with Crippen LogP contribution in [0, 0.1) is 0 Å². The van der Waals surface area contributed by atoms with Gasteiger partial charge >= 0.3 is 0 Å². The maximum Gasteiger partial charge on any atom is 0.244 e. The fourth-order valence-corrected chi connectivity index (χ4v) is 5.49. The molecule has 2 fully saturated rings. The SMILES string of the molecule is C[C@@]1(O)CCOC2(CCN(S(=O)(=O)c3ccccc3Cl)CC2)[C@H]1O. The third-order valence-electron chi connectivity index (χ3n) is 5.11. The molecule has 3 rings (SSSR count). The van der Waals surface area contributed by atoms with E-state index in [-0.39, 0.29) is 23.0 Å². The molecule has 1 spiro atoms. The highest BCUT2D eigenvalue weighted by Crippen LogP contribution is 2.41. The molecule has 8 heteroatoms. The number of sulfonamides is 1. The van der Waals surface area contributed by atoms with Gasteiger partial charge in [0.05, 0.1) is 22.8 Å². The fourth-order valence-electron chi connectivity index (χ4n) is 3.56. The van der Waals surface area contributed by atoms with Crippen molar-refractivity contribution >= 4 is 21.6 Å². The molecule has 0 amide bonds. The number of hydrogen-bond acceptors (Lipinski definition) is 5. The smallest absolute Gasteiger partial charge is 0.244 e. The van der Waals surface area contributed by atoms with E-state index in [1.165, 1.54) is 10.4 Å². The van der Waals surface area contributed by atoms with E-state index < -0.39 is 27.3 Å². The van der Waals surface area contributed by atoms with Crippen molar-refractivity contribution in [3.8, 4) is 0 Å². The molecule has 24 heavy (non-hydrogen) atoms. The summed E-state index contributed by atoms with van der Waals surface area (Å²) in [5.41, 5.74) is -2.11. The zero-order chi connectivity index (χ0) is 17.6. The number of ether oxygens (including phenoxy) is 1. The van der Waals surface area contributed by atoms with Crippen molar-refractivity contribution in [1.29, 1.82) is 0 Å². The van der Waals surface area contributed by atoms with Crippen LogP contribution in [0.25, 0.3) is 0 Å². The second kappa shape index (κ2) is 6.23. The van der Waals surface area contributed by atoms with Crippen LogP contribution >= 0.6 is 11.6 Å². The van der Waals surface area contributed by atoms with E-state index in [0.717, 1.165) is 0 Å². The Hall–Kier alpha value is -0.700. The molecular weight excluding hydrogens is 354 g/mol. The molecule has 6 nitrogen and oxygen atoms in total. The van der Waals surface area contributed by atoms with Gasteiger partial charge in [0, 0.05) is 19.5 Å². The van der Waals surface area contributed by atoms with Gasteiger partial charge in [0.25, 0.3) is 0 Å². The van der Waals surface area contributed by atoms with Gasteiger partial charge in [-0.25, -0.2) is 8.42 Å². The topological polar surface area (TPSA) is 87.1 Å². The average molecular weight is 376 g/mol. The van der Waals surface area contributed by atoms with E-state index in [4.69, 9.17) is 16.3 Å². The zero-order valence-electron chi connectivity index (χ0n) is 13.5. The number of benzene rings is 1. The minimum absolute atomic E-state index is 0.0831. The Morgan fingerprint density at radius 3 is 2.50 bits per heavy atom. The highest BCUT2D eigenvalue weighted by molar-refractivity contribution is 7.89. The lowest BCUT2D eigenvalue weighted by Crippen LogP contribution is -2.64. The van der Waals surface area contributed by atoms with Crippen molar-refractivity contribution in [3.63, 3.8) is 0 Å². The molecule has 0 unspecified atom stereocenters. The van der Waals surface area contributed by atoms with Crippen molar-refractivity contribution < 1.29 is 23.4 Å². The lowest BCUT2D eigenvalue weighted by molar-refractivity contribution is -0.243. The summed E-state index contributed by atoms with van der Waals surface area (Å²) < 4.78 is 32.7. The summed E-state index contributed by atoms with van der Waals surface area (Å²) in [5, 5.41) is 21.0. The van der Waals surface area contributed by atoms with Gasteiger partial charge in [0.15, 0.2) is 0 Å². The lowest BCUT2D eigenvalue weighted by atomic mass is 9.75. The van der Waals surface area contributed by atoms with Crippen LogP contribution in [0.1, 0.15) is 26.2 Å². The Bertz CT molecular complexity index is 713. The molecule has 2 N–H and O–H groups in total. The van der Waals surface area contributed by atoms with E-state index >= 15 is 0 Å². The molecule has 0 saturated carbocycles. The number of halogens is 1. The Kier molecular flexibility index (Phi) is 4.70. The minimum atomic E-state index is -3.69. The van der Waals surface area contributed by atoms with E-state index in [1.807, 2.05) is 0 Å². The first-order chi connectivity index (χ1) is 11.2. The molecule has 2 aliphatic rings. The highest BCUT2D eigenvalue weighted by Gasteiger charge is 2.53. The Morgan fingerprint density at radius 2 is 1.88 bits per heavy atom. The van der Waals surface area contributed by atoms with Gasteiger partial charge in [-0.2, -0.15) is 4.31 Å². The first kappa shape index (κ1) is 18.1. The van der Waals surface area contributed by atoms with Gasteiger partial charge in [-0.1, -0.05) is 23.7 Å². The van der Waals surface area contributed by atoms with Gasteiger partial charge < -0.3 is 14.9 Å². The maximum absolute atomic E-state index is 12.8. The van der Waals surface area contributed by atoms with Crippen LogP contribution in [-0.2, 0) is 14.8 Å². The van der Waals surface area contributed by atoms with Crippen LogP contribution in [0.3, 0.4) is 0 Å². The summed E-state index contributed by atoms with van der Waals surface area (Å²) in [4.78, 5) is 0.0831. The number of nitrogens with zero attached hydrogens (tertiary/aromatic N) is 1. The second-order valence-corrected chi connectivity index (χ2v) is 9.07. The fraction of sp³-hybridized carbons (Fsp3) is 0.625. The number of aliphatic hydroxyl groups excluding tert-OH is 1. The highest BCUT2D eigenvalue weighted by atomic mass is 35.5. The summed E-state index contributed by atoms with van der Waals surface area (Å²) in [7, 11) is -3.69. The number of hydrogen-bond donors (Lipinski definition) is 2. The van der Waals surface area contributed by atoms with Crippen LogP contribution in [-0.4, -0.2) is 59.9 Å². The molecular formula is C16H22ClNO5S. The first-order valence-electron chi connectivity index (χ1n) is 7.98. The third kappa shape index (κ3) is 2.98. The molecule has 2 aliphatic heterocycles. The van der Waals surface area contributed by atoms with Gasteiger partial charge in [0.2, 0.25) is 10.0 Å². The second-order valence-electron chi connectivity index (χ2n) is 6.76. The van der Waals surface area contributed by atoms with Crippen LogP contribution in [0.2, 0.25) is 5.02 Å². The van der Waals surface area contributed by atoms with Crippen LogP contribution < -0.4 is 0 Å². The summed E-state index contributed by atoms with van der Waals surface area (Å²) in [6.07, 6.45) is -0.0246. The average Bonchev–Trinajstić information content (AvgIpc) is 2.53. The monoisotopic (exact) mass is 375 g/mol. The molecule has 134 valence electrons. The number of rotatable bonds is 2. The summed E-state index contributed by atoms with van der Waals surface area (Å²) >= 11 is 6.03. The van der Waals surface area contributed by atoms with Crippen molar-refractivity contribution in [2.75, 3.05) is 19.7 Å². The summed E-state index contributed by atoms with van der Waals surface area (Å²) in [6.45, 7) is 2.36. The standard InChI is InChI=1S/C16H22ClNO5S/c1-15(20)8-11-23-16(14(15)19)6-9-18(10-7-16)24(21,22)13-5-3-2-4-12(13)17/h2-5,14,19-20H,6-11H2,1H3/t14-,15+/m0/s1. The molecule has 0 radical (unpaired) electrons. The minimum Gasteiger partial charge on any atom is -0.387 e. The summed E-state index contributed by atoms with van der Waals surface area (Å²) in [6, 6.07) is 6.35. The maximum atomic E-state index is 12.8. The van der Waals surface area contributed by atoms with Gasteiger partial charge in [0.1, 0.15) is 11.0 Å². The van der Waals surface area contributed by atoms with Crippen LogP contribution in [0.15, 0.2) is 29.2 Å². The molecule has 2 heterocycles. The largest absolute Gasteiger partial charge is 0.387 e. The van der Waals surface area contributed by atoms with E-state index in [2.05, 4.69) is 0 Å². The normalized spacial score (nSPS) is 31.2. The molecule has 2 saturated heterocycles. The van der Waals surface area contributed by atoms with E-state index in [0.29, 0.717) is 25.9 Å². The molecule has 1 aromatic rings. The van der Waals surface area contributed by atoms with E-state index in [1.54, 1.807) is 25.1 Å². The van der Waals surface area contributed by atoms with Crippen LogP contribution in [0.4, 0.5) is 0 Å². The predicted molar refractivity (Wildman–Crippen MR) is 89.4 cm³/mol. The Morgan fingerprint density at radius 1 is 1.25 bits per heavy atom. The van der Waals surface area contributed by atoms with Crippen molar-refractivity contribution in [2.24, 2.45) is 0 Å². The van der Waals surface area contributed by atoms with Gasteiger partial charge in [-0.15, -0.1) is 0 Å². The van der Waals surface area contributed by atoms with Gasteiger partial charge in [-0.05, 0) is 31.9 Å². The third-order valence-corrected chi connectivity index (χ3v) is 7.51. The molecule has 1 aromatic carbocycles. The number of piperidine rings is 1. The predicted octanol–water partition coefficient (Wildman–Crippen LogP) is 1.40. The van der Waals surface area contributed by atoms with Crippen molar-refractivity contribution in [1.82, 2.24) is 4.31 Å². The van der Waals surface area contributed by atoms with Crippen molar-refractivity contribution in [2.45, 2.75) is 48.4 Å². The zero-order valence-corrected chi connectivity index (χ0v) is 15.1. The summed E-state index contributed by atoms with van der Waals surface area (Å²) in [5.74, 6) is 0. The first-order valence-corrected chi connectivity index (χ1v) is 9.80. The Labute approximate surface area is 147 Å². The molecule has 2 atom stereocenters. The molecule has 0 aromatic heterocycles. The van der Waals surface area contributed by atoms with Crippen molar-refractivity contribution in [3.05, 3.63) is 29.3 Å². The molecule has 0 aliphatic carbocycles. The lowest BCUT2D eigenvalue weighted by Gasteiger charge is -2.51.